The number of thioether (sulfide) groups is 1. The average molecular weight is 360 g/mol. The van der Waals surface area contributed by atoms with Gasteiger partial charge in [-0.05, 0) is 42.5 Å². The summed E-state index contributed by atoms with van der Waals surface area (Å²) in [5.74, 6) is -0.0683. The molecule has 0 saturated carbocycles. The number of aryl methyl sites for hydroxylation is 1. The lowest BCUT2D eigenvalue weighted by molar-refractivity contribution is 0.0926. The molecule has 0 atom stereocenters. The van der Waals surface area contributed by atoms with Gasteiger partial charge in [0.15, 0.2) is 0 Å². The summed E-state index contributed by atoms with van der Waals surface area (Å²) in [6.45, 7) is 4.23. The molecular formula is C19H21FN2O2S. The first-order valence-electron chi connectivity index (χ1n) is 8.07. The van der Waals surface area contributed by atoms with Crippen LogP contribution in [0.5, 0.6) is 0 Å². The highest BCUT2D eigenvalue weighted by atomic mass is 32.2. The Morgan fingerprint density at radius 3 is 2.40 bits per heavy atom. The smallest absolute Gasteiger partial charge is 0.252 e. The summed E-state index contributed by atoms with van der Waals surface area (Å²) in [6, 6.07) is 11.8. The van der Waals surface area contributed by atoms with Crippen LogP contribution in [0.4, 0.5) is 4.39 Å². The minimum absolute atomic E-state index is 0.174. The van der Waals surface area contributed by atoms with Gasteiger partial charge in [0, 0.05) is 23.5 Å². The Balaban J connectivity index is 1.83. The van der Waals surface area contributed by atoms with Crippen molar-refractivity contribution in [3.8, 4) is 0 Å². The summed E-state index contributed by atoms with van der Waals surface area (Å²) in [6.07, 6.45) is 0. The number of halogens is 1. The first-order valence-corrected chi connectivity index (χ1v) is 9.06. The predicted molar refractivity (Wildman–Crippen MR) is 98.6 cm³/mol. The maximum atomic E-state index is 13.5. The van der Waals surface area contributed by atoms with Crippen LogP contribution in [-0.4, -0.2) is 30.7 Å². The van der Waals surface area contributed by atoms with Crippen LogP contribution in [0.1, 0.15) is 33.2 Å². The highest BCUT2D eigenvalue weighted by Gasteiger charge is 2.11. The van der Waals surface area contributed by atoms with Crippen LogP contribution < -0.4 is 10.6 Å². The van der Waals surface area contributed by atoms with Crippen molar-refractivity contribution >= 4 is 23.6 Å². The van der Waals surface area contributed by atoms with Crippen LogP contribution in [-0.2, 0) is 0 Å². The van der Waals surface area contributed by atoms with Gasteiger partial charge in [0.1, 0.15) is 5.82 Å². The third-order valence-corrected chi connectivity index (χ3v) is 4.52. The summed E-state index contributed by atoms with van der Waals surface area (Å²) >= 11 is 1.61. The van der Waals surface area contributed by atoms with E-state index in [2.05, 4.69) is 10.6 Å². The van der Waals surface area contributed by atoms with Crippen molar-refractivity contribution < 1.29 is 14.0 Å². The molecule has 4 nitrogen and oxygen atoms in total. The van der Waals surface area contributed by atoms with Crippen LogP contribution >= 0.6 is 11.8 Å². The van der Waals surface area contributed by atoms with Gasteiger partial charge in [-0.15, -0.1) is 11.8 Å². The van der Waals surface area contributed by atoms with Crippen molar-refractivity contribution in [2.75, 3.05) is 18.8 Å². The van der Waals surface area contributed by atoms with E-state index in [1.54, 1.807) is 36.9 Å². The van der Waals surface area contributed by atoms with E-state index in [1.165, 1.54) is 6.07 Å². The number of hydrogen-bond donors (Lipinski definition) is 2. The molecule has 2 aromatic carbocycles. The summed E-state index contributed by atoms with van der Waals surface area (Å²) in [5, 5.41) is 5.45. The molecule has 2 amide bonds. The lowest BCUT2D eigenvalue weighted by atomic mass is 10.1. The Hall–Kier alpha value is -2.34. The number of benzene rings is 2. The third-order valence-electron chi connectivity index (χ3n) is 3.56. The summed E-state index contributed by atoms with van der Waals surface area (Å²) in [7, 11) is 0. The molecule has 0 heterocycles. The topological polar surface area (TPSA) is 58.2 Å². The van der Waals surface area contributed by atoms with Crippen molar-refractivity contribution in [1.29, 1.82) is 0 Å². The number of amides is 2. The van der Waals surface area contributed by atoms with Crippen molar-refractivity contribution in [1.82, 2.24) is 10.6 Å². The van der Waals surface area contributed by atoms with Crippen molar-refractivity contribution in [3.63, 3.8) is 0 Å². The highest BCUT2D eigenvalue weighted by Crippen LogP contribution is 2.21. The van der Waals surface area contributed by atoms with E-state index < -0.39 is 5.82 Å². The predicted octanol–water partition coefficient (Wildman–Crippen LogP) is 3.41. The van der Waals surface area contributed by atoms with Crippen LogP contribution in [0.15, 0.2) is 47.4 Å². The summed E-state index contributed by atoms with van der Waals surface area (Å²) in [4.78, 5) is 25.2. The SMILES string of the molecule is CCSc1ccccc1C(=O)NCCNC(=O)c1ccc(C)c(F)c1. The molecule has 2 aromatic rings. The minimum atomic E-state index is -0.411. The molecule has 0 bridgehead atoms. The molecule has 0 radical (unpaired) electrons. The van der Waals surface area contributed by atoms with Crippen LogP contribution in [0.2, 0.25) is 0 Å². The van der Waals surface area contributed by atoms with E-state index in [-0.39, 0.29) is 23.9 Å². The van der Waals surface area contributed by atoms with Gasteiger partial charge in [-0.25, -0.2) is 4.39 Å². The number of rotatable bonds is 7. The Bertz CT molecular complexity index is 765. The molecule has 25 heavy (non-hydrogen) atoms. The molecule has 2 rings (SSSR count). The zero-order valence-corrected chi connectivity index (χ0v) is 15.1. The molecule has 0 aliphatic heterocycles. The fourth-order valence-corrected chi connectivity index (χ4v) is 3.02. The van der Waals surface area contributed by atoms with Gasteiger partial charge < -0.3 is 10.6 Å². The largest absolute Gasteiger partial charge is 0.350 e. The first-order chi connectivity index (χ1) is 12.0. The standard InChI is InChI=1S/C19H21FN2O2S/c1-3-25-17-7-5-4-6-15(17)19(24)22-11-10-21-18(23)14-9-8-13(2)16(20)12-14/h4-9,12H,3,10-11H2,1-2H3,(H,21,23)(H,22,24). The van der Waals surface area contributed by atoms with E-state index in [1.807, 2.05) is 25.1 Å². The molecule has 0 aromatic heterocycles. The Morgan fingerprint density at radius 1 is 1.04 bits per heavy atom. The molecule has 0 saturated heterocycles. The molecule has 6 heteroatoms. The number of carbonyl (C=O) groups excluding carboxylic acids is 2. The minimum Gasteiger partial charge on any atom is -0.350 e. The average Bonchev–Trinajstić information content (AvgIpc) is 2.61. The second-order valence-corrected chi connectivity index (χ2v) is 6.71. The van der Waals surface area contributed by atoms with Crippen molar-refractivity contribution in [2.45, 2.75) is 18.7 Å². The molecule has 0 fully saturated rings. The first kappa shape index (κ1) is 19.0. The van der Waals surface area contributed by atoms with Crippen LogP contribution in [0, 0.1) is 12.7 Å². The van der Waals surface area contributed by atoms with E-state index in [0.29, 0.717) is 17.7 Å². The fourth-order valence-electron chi connectivity index (χ4n) is 2.22. The second-order valence-electron chi connectivity index (χ2n) is 5.40. The molecule has 2 N–H and O–H groups in total. The van der Waals surface area contributed by atoms with Gasteiger partial charge in [-0.1, -0.05) is 25.1 Å². The van der Waals surface area contributed by atoms with Gasteiger partial charge in [-0.3, -0.25) is 9.59 Å². The van der Waals surface area contributed by atoms with Gasteiger partial charge in [0.05, 0.1) is 5.56 Å². The lowest BCUT2D eigenvalue weighted by Crippen LogP contribution is -2.34. The zero-order valence-electron chi connectivity index (χ0n) is 14.3. The van der Waals surface area contributed by atoms with E-state index in [9.17, 15) is 14.0 Å². The van der Waals surface area contributed by atoms with Crippen molar-refractivity contribution in [2.24, 2.45) is 0 Å². The summed E-state index contributed by atoms with van der Waals surface area (Å²) < 4.78 is 13.5. The number of carbonyl (C=O) groups is 2. The van der Waals surface area contributed by atoms with E-state index >= 15 is 0 Å². The third kappa shape index (κ3) is 5.32. The normalized spacial score (nSPS) is 10.4. The molecule has 0 unspecified atom stereocenters. The summed E-state index contributed by atoms with van der Waals surface area (Å²) in [5.41, 5.74) is 1.38. The Kier molecular flexibility index (Phi) is 7.01. The van der Waals surface area contributed by atoms with Gasteiger partial charge >= 0.3 is 0 Å². The van der Waals surface area contributed by atoms with Gasteiger partial charge in [-0.2, -0.15) is 0 Å². The van der Waals surface area contributed by atoms with Crippen molar-refractivity contribution in [3.05, 3.63) is 65.0 Å². The molecular weight excluding hydrogens is 339 g/mol. The Labute approximate surface area is 151 Å². The zero-order chi connectivity index (χ0) is 18.2. The van der Waals surface area contributed by atoms with Gasteiger partial charge in [0.2, 0.25) is 0 Å². The molecule has 132 valence electrons. The van der Waals surface area contributed by atoms with E-state index in [0.717, 1.165) is 10.6 Å². The quantitative estimate of drug-likeness (QED) is 0.588. The second kappa shape index (κ2) is 9.22. The molecule has 0 aliphatic carbocycles. The van der Waals surface area contributed by atoms with Crippen LogP contribution in [0.25, 0.3) is 0 Å². The monoisotopic (exact) mass is 360 g/mol. The molecule has 0 aliphatic rings. The van der Waals surface area contributed by atoms with E-state index in [4.69, 9.17) is 0 Å². The van der Waals surface area contributed by atoms with Gasteiger partial charge in [0.25, 0.3) is 11.8 Å². The Morgan fingerprint density at radius 2 is 1.72 bits per heavy atom. The number of hydrogen-bond acceptors (Lipinski definition) is 3. The maximum absolute atomic E-state index is 13.5. The maximum Gasteiger partial charge on any atom is 0.252 e. The fraction of sp³-hybridized carbons (Fsp3) is 0.263. The van der Waals surface area contributed by atoms with Crippen LogP contribution in [0.3, 0.4) is 0 Å². The number of nitrogens with one attached hydrogen (secondary N) is 2. The molecule has 0 spiro atoms. The lowest BCUT2D eigenvalue weighted by Gasteiger charge is -2.10. The highest BCUT2D eigenvalue weighted by molar-refractivity contribution is 7.99.